The van der Waals surface area contributed by atoms with Crippen LogP contribution in [0.25, 0.3) is 0 Å². The topological polar surface area (TPSA) is 44.8 Å². The highest BCUT2D eigenvalue weighted by Gasteiger charge is 2.27. The fourth-order valence-electron chi connectivity index (χ4n) is 2.37. The van der Waals surface area contributed by atoms with Crippen LogP contribution in [0.4, 0.5) is 0 Å². The van der Waals surface area contributed by atoms with Gasteiger partial charge in [0.15, 0.2) is 5.78 Å². The minimum absolute atomic E-state index is 0.101. The van der Waals surface area contributed by atoms with Crippen molar-refractivity contribution in [2.24, 2.45) is 0 Å². The molecule has 0 amide bonds. The predicted molar refractivity (Wildman–Crippen MR) is 90.5 cm³/mol. The van der Waals surface area contributed by atoms with Crippen molar-refractivity contribution in [1.29, 1.82) is 0 Å². The number of hydrogen-bond donors (Lipinski definition) is 0. The Morgan fingerprint density at radius 2 is 1.83 bits per heavy atom. The molecule has 0 fully saturated rings. The molecule has 0 N–H and O–H groups in total. The van der Waals surface area contributed by atoms with Gasteiger partial charge in [-0.05, 0) is 12.1 Å². The lowest BCUT2D eigenvalue weighted by molar-refractivity contribution is 0.0990. The summed E-state index contributed by atoms with van der Waals surface area (Å²) >= 11 is 6.17. The van der Waals surface area contributed by atoms with Gasteiger partial charge in [0.2, 0.25) is 0 Å². The fraction of sp³-hybridized carbons (Fsp3) is 0.278. The molecule has 0 atom stereocenters. The maximum absolute atomic E-state index is 12.5. The van der Waals surface area contributed by atoms with Crippen molar-refractivity contribution in [1.82, 2.24) is 0 Å². The Hall–Kier alpha value is -2.20. The maximum Gasteiger partial charge on any atom is 0.174 e. The molecule has 5 heteroatoms. The standard InChI is InChI=1S/C16H13ClO4.C2H6/c1-19-9-6-14(20-2)16-12(18)8-10-11(17)4-3-5-13(10)21-15(16)7-9;1-2/h3-7H,8H2,1-2H3;1-2H3. The number of rotatable bonds is 2. The van der Waals surface area contributed by atoms with E-state index < -0.39 is 0 Å². The largest absolute Gasteiger partial charge is 0.496 e. The Kier molecular flexibility index (Phi) is 5.50. The molecular weight excluding hydrogens is 316 g/mol. The quantitative estimate of drug-likeness (QED) is 0.782. The van der Waals surface area contributed by atoms with E-state index in [-0.39, 0.29) is 12.2 Å². The van der Waals surface area contributed by atoms with Crippen molar-refractivity contribution in [3.8, 4) is 23.0 Å². The predicted octanol–water partition coefficient (Wildman–Crippen LogP) is 4.91. The first-order chi connectivity index (χ1) is 11.1. The lowest BCUT2D eigenvalue weighted by Crippen LogP contribution is -2.05. The second-order valence-electron chi connectivity index (χ2n) is 4.62. The molecule has 2 aromatic rings. The molecule has 0 saturated heterocycles. The number of fused-ring (bicyclic) bond motifs is 2. The number of methoxy groups -OCH3 is 2. The number of halogens is 1. The molecule has 23 heavy (non-hydrogen) atoms. The molecule has 3 rings (SSSR count). The van der Waals surface area contributed by atoms with Crippen LogP contribution >= 0.6 is 11.6 Å². The van der Waals surface area contributed by atoms with Crippen molar-refractivity contribution >= 4 is 17.4 Å². The van der Waals surface area contributed by atoms with Crippen LogP contribution in [0.1, 0.15) is 29.8 Å². The molecule has 0 saturated carbocycles. The van der Waals surface area contributed by atoms with E-state index >= 15 is 0 Å². The summed E-state index contributed by atoms with van der Waals surface area (Å²) in [5, 5.41) is 0.514. The van der Waals surface area contributed by atoms with Crippen LogP contribution < -0.4 is 14.2 Å². The van der Waals surface area contributed by atoms with Crippen LogP contribution in [-0.2, 0) is 6.42 Å². The number of carbonyl (C=O) groups excluding carboxylic acids is 1. The number of benzene rings is 2. The summed E-state index contributed by atoms with van der Waals surface area (Å²) < 4.78 is 16.4. The van der Waals surface area contributed by atoms with E-state index in [1.54, 1.807) is 37.4 Å². The Bertz CT molecular complexity index is 725. The molecule has 0 aromatic heterocycles. The van der Waals surface area contributed by atoms with Gasteiger partial charge in [-0.3, -0.25) is 4.79 Å². The molecule has 1 heterocycles. The number of ether oxygens (including phenoxy) is 3. The van der Waals surface area contributed by atoms with Crippen LogP contribution in [0.3, 0.4) is 0 Å². The fourth-order valence-corrected chi connectivity index (χ4v) is 2.61. The van der Waals surface area contributed by atoms with E-state index in [2.05, 4.69) is 0 Å². The van der Waals surface area contributed by atoms with Crippen molar-refractivity contribution in [3.63, 3.8) is 0 Å². The maximum atomic E-state index is 12.5. The van der Waals surface area contributed by atoms with Crippen molar-refractivity contribution in [2.45, 2.75) is 20.3 Å². The lowest BCUT2D eigenvalue weighted by Gasteiger charge is -2.13. The summed E-state index contributed by atoms with van der Waals surface area (Å²) in [6.07, 6.45) is 0.171. The van der Waals surface area contributed by atoms with Crippen molar-refractivity contribution < 1.29 is 19.0 Å². The average molecular weight is 335 g/mol. The molecule has 4 nitrogen and oxygen atoms in total. The second kappa shape index (κ2) is 7.38. The molecule has 122 valence electrons. The van der Waals surface area contributed by atoms with Gasteiger partial charge in [0.25, 0.3) is 0 Å². The van der Waals surface area contributed by atoms with Gasteiger partial charge in [0, 0.05) is 29.1 Å². The Morgan fingerprint density at radius 3 is 2.48 bits per heavy atom. The first-order valence-electron chi connectivity index (χ1n) is 7.38. The summed E-state index contributed by atoms with van der Waals surface area (Å²) in [5.41, 5.74) is 1.09. The number of hydrogen-bond acceptors (Lipinski definition) is 4. The lowest BCUT2D eigenvalue weighted by atomic mass is 10.0. The third-order valence-electron chi connectivity index (χ3n) is 3.41. The first-order valence-corrected chi connectivity index (χ1v) is 7.76. The summed E-state index contributed by atoms with van der Waals surface area (Å²) in [4.78, 5) is 12.5. The Balaban J connectivity index is 0.000000924. The molecule has 0 radical (unpaired) electrons. The summed E-state index contributed by atoms with van der Waals surface area (Å²) in [5.74, 6) is 1.88. The number of carbonyl (C=O) groups is 1. The van der Waals surface area contributed by atoms with Crippen LogP contribution in [0, 0.1) is 0 Å². The van der Waals surface area contributed by atoms with Gasteiger partial charge in [-0.2, -0.15) is 0 Å². The zero-order valence-electron chi connectivity index (χ0n) is 13.6. The minimum atomic E-state index is -0.101. The zero-order chi connectivity index (χ0) is 17.0. The molecule has 0 unspecified atom stereocenters. The van der Waals surface area contributed by atoms with Gasteiger partial charge in [-0.1, -0.05) is 31.5 Å². The van der Waals surface area contributed by atoms with E-state index in [1.807, 2.05) is 13.8 Å². The highest BCUT2D eigenvalue weighted by molar-refractivity contribution is 6.32. The summed E-state index contributed by atoms with van der Waals surface area (Å²) in [6, 6.07) is 8.65. The molecular formula is C18H19ClO4. The van der Waals surface area contributed by atoms with Crippen LogP contribution in [-0.4, -0.2) is 20.0 Å². The highest BCUT2D eigenvalue weighted by Crippen LogP contribution is 2.42. The van der Waals surface area contributed by atoms with Gasteiger partial charge in [0.1, 0.15) is 28.6 Å². The molecule has 0 bridgehead atoms. The van der Waals surface area contributed by atoms with E-state index in [9.17, 15) is 4.79 Å². The third-order valence-corrected chi connectivity index (χ3v) is 3.76. The zero-order valence-corrected chi connectivity index (χ0v) is 14.4. The van der Waals surface area contributed by atoms with Crippen LogP contribution in [0.5, 0.6) is 23.0 Å². The van der Waals surface area contributed by atoms with Gasteiger partial charge in [-0.25, -0.2) is 0 Å². The molecule has 1 aliphatic heterocycles. The van der Waals surface area contributed by atoms with E-state index in [4.69, 9.17) is 25.8 Å². The first kappa shape index (κ1) is 17.2. The van der Waals surface area contributed by atoms with E-state index in [0.717, 1.165) is 0 Å². The monoisotopic (exact) mass is 334 g/mol. The summed E-state index contributed by atoms with van der Waals surface area (Å²) in [7, 11) is 3.05. The van der Waals surface area contributed by atoms with Gasteiger partial charge < -0.3 is 14.2 Å². The Morgan fingerprint density at radius 1 is 1.09 bits per heavy atom. The normalized spacial score (nSPS) is 12.0. The third kappa shape index (κ3) is 3.27. The molecule has 0 spiro atoms. The van der Waals surface area contributed by atoms with Crippen molar-refractivity contribution in [2.75, 3.05) is 14.2 Å². The van der Waals surface area contributed by atoms with E-state index in [0.29, 0.717) is 39.1 Å². The van der Waals surface area contributed by atoms with Crippen LogP contribution in [0.2, 0.25) is 5.02 Å². The smallest absolute Gasteiger partial charge is 0.174 e. The molecule has 1 aliphatic rings. The number of Topliss-reactive ketones (excluding diaryl/α,β-unsaturated/α-hetero) is 1. The van der Waals surface area contributed by atoms with E-state index in [1.165, 1.54) is 7.11 Å². The Labute approximate surface area is 140 Å². The second-order valence-corrected chi connectivity index (χ2v) is 5.03. The molecule has 2 aromatic carbocycles. The van der Waals surface area contributed by atoms with Crippen LogP contribution in [0.15, 0.2) is 30.3 Å². The van der Waals surface area contributed by atoms with Gasteiger partial charge in [0.05, 0.1) is 14.2 Å². The van der Waals surface area contributed by atoms with Gasteiger partial charge >= 0.3 is 0 Å². The van der Waals surface area contributed by atoms with Crippen molar-refractivity contribution in [3.05, 3.63) is 46.5 Å². The van der Waals surface area contributed by atoms with Gasteiger partial charge in [-0.15, -0.1) is 0 Å². The number of ketones is 1. The average Bonchev–Trinajstić information content (AvgIpc) is 2.72. The minimum Gasteiger partial charge on any atom is -0.496 e. The highest BCUT2D eigenvalue weighted by atomic mass is 35.5. The SMILES string of the molecule is CC.COc1cc(OC)c2c(c1)Oc1cccc(Cl)c1CC2=O. The summed E-state index contributed by atoms with van der Waals surface area (Å²) in [6.45, 7) is 4.00. The molecule has 0 aliphatic carbocycles.